The molecule has 0 saturated heterocycles. The second-order valence-electron chi connectivity index (χ2n) is 3.82. The van der Waals surface area contributed by atoms with Crippen LogP contribution in [0, 0.1) is 0 Å². The van der Waals surface area contributed by atoms with Crippen LogP contribution in [-0.4, -0.2) is 33.3 Å². The van der Waals surface area contributed by atoms with E-state index in [0.29, 0.717) is 5.02 Å². The molecule has 1 aromatic carbocycles. The van der Waals surface area contributed by atoms with Gasteiger partial charge in [-0.15, -0.1) is 0 Å². The summed E-state index contributed by atoms with van der Waals surface area (Å²) in [5, 5.41) is 11.9. The summed E-state index contributed by atoms with van der Waals surface area (Å²) in [6.07, 6.45) is 0. The predicted octanol–water partition coefficient (Wildman–Crippen LogP) is 1.26. The molecule has 0 heterocycles. The molecule has 4 nitrogen and oxygen atoms in total. The number of halogens is 1. The van der Waals surface area contributed by atoms with Crippen molar-refractivity contribution in [3.05, 3.63) is 34.9 Å². The Balaban J connectivity index is 2.55. The molecule has 2 unspecified atom stereocenters. The number of hydrogen-bond donors (Lipinski definition) is 2. The molecule has 0 radical (unpaired) electrons. The van der Waals surface area contributed by atoms with Gasteiger partial charge in [0.05, 0.1) is 12.6 Å². The third kappa shape index (κ3) is 4.76. The van der Waals surface area contributed by atoms with Crippen LogP contribution in [0.1, 0.15) is 18.5 Å². The topological polar surface area (TPSA) is 66.4 Å². The molecule has 1 amide bonds. The van der Waals surface area contributed by atoms with Gasteiger partial charge in [-0.25, -0.2) is 0 Å². The Hall–Kier alpha value is -0.910. The van der Waals surface area contributed by atoms with Gasteiger partial charge in [-0.2, -0.15) is 0 Å². The summed E-state index contributed by atoms with van der Waals surface area (Å²) in [7, 11) is -1.32. The molecule has 0 aliphatic rings. The molecule has 2 atom stereocenters. The van der Waals surface area contributed by atoms with Crippen LogP contribution < -0.4 is 5.32 Å². The van der Waals surface area contributed by atoms with Gasteiger partial charge in [0.15, 0.2) is 0 Å². The zero-order chi connectivity index (χ0) is 13.5. The Labute approximate surface area is 114 Å². The van der Waals surface area contributed by atoms with Gasteiger partial charge in [0.2, 0.25) is 5.91 Å². The lowest BCUT2D eigenvalue weighted by molar-refractivity contribution is -0.119. The van der Waals surface area contributed by atoms with Crippen LogP contribution in [0.3, 0.4) is 0 Å². The molecule has 0 spiro atoms. The second kappa shape index (κ2) is 7.51. The maximum atomic E-state index is 11.6. The Morgan fingerprint density at radius 2 is 2.17 bits per heavy atom. The van der Waals surface area contributed by atoms with Gasteiger partial charge in [-0.05, 0) is 18.6 Å². The fourth-order valence-corrected chi connectivity index (χ4v) is 2.53. The highest BCUT2D eigenvalue weighted by atomic mass is 35.5. The van der Waals surface area contributed by atoms with Crippen molar-refractivity contribution in [2.45, 2.75) is 13.0 Å². The van der Waals surface area contributed by atoms with Crippen LogP contribution in [-0.2, 0) is 15.6 Å². The molecule has 0 fully saturated rings. The maximum absolute atomic E-state index is 11.6. The Bertz CT molecular complexity index is 439. The summed E-state index contributed by atoms with van der Waals surface area (Å²) in [6.45, 7) is 1.63. The number of benzene rings is 1. The average molecular weight is 290 g/mol. The summed E-state index contributed by atoms with van der Waals surface area (Å²) in [5.41, 5.74) is 0.820. The van der Waals surface area contributed by atoms with Crippen molar-refractivity contribution >= 4 is 28.3 Å². The van der Waals surface area contributed by atoms with Gasteiger partial charge in [0, 0.05) is 21.6 Å². The molecular formula is C12H16ClNO3S. The summed E-state index contributed by atoms with van der Waals surface area (Å²) >= 11 is 6.01. The van der Waals surface area contributed by atoms with Crippen molar-refractivity contribution in [1.82, 2.24) is 5.32 Å². The molecular weight excluding hydrogens is 274 g/mol. The van der Waals surface area contributed by atoms with Crippen LogP contribution in [0.4, 0.5) is 0 Å². The maximum Gasteiger partial charge on any atom is 0.233 e. The zero-order valence-electron chi connectivity index (χ0n) is 10.1. The van der Waals surface area contributed by atoms with Crippen molar-refractivity contribution in [1.29, 1.82) is 0 Å². The molecule has 0 saturated carbocycles. The Kier molecular flexibility index (Phi) is 6.32. The van der Waals surface area contributed by atoms with Gasteiger partial charge in [-0.1, -0.05) is 29.8 Å². The van der Waals surface area contributed by atoms with Crippen molar-refractivity contribution in [2.24, 2.45) is 0 Å². The lowest BCUT2D eigenvalue weighted by Crippen LogP contribution is -2.31. The number of rotatable bonds is 6. The van der Waals surface area contributed by atoms with Crippen LogP contribution in [0.25, 0.3) is 0 Å². The minimum absolute atomic E-state index is 0.102. The minimum Gasteiger partial charge on any atom is -0.395 e. The van der Waals surface area contributed by atoms with Crippen molar-refractivity contribution in [3.63, 3.8) is 0 Å². The number of amides is 1. The first kappa shape index (κ1) is 15.1. The average Bonchev–Trinajstić information content (AvgIpc) is 2.29. The largest absolute Gasteiger partial charge is 0.395 e. The quantitative estimate of drug-likeness (QED) is 0.828. The van der Waals surface area contributed by atoms with Crippen LogP contribution in [0.5, 0.6) is 0 Å². The Morgan fingerprint density at radius 1 is 1.50 bits per heavy atom. The highest BCUT2D eigenvalue weighted by Gasteiger charge is 2.13. The van der Waals surface area contributed by atoms with Crippen molar-refractivity contribution in [3.8, 4) is 0 Å². The SMILES string of the molecule is CC(NC(=O)CS(=O)CCO)c1ccccc1Cl. The molecule has 0 aliphatic heterocycles. The number of carbonyl (C=O) groups excluding carboxylic acids is 1. The lowest BCUT2D eigenvalue weighted by atomic mass is 10.1. The van der Waals surface area contributed by atoms with Gasteiger partial charge >= 0.3 is 0 Å². The summed E-state index contributed by atoms with van der Waals surface area (Å²) in [4.78, 5) is 11.6. The predicted molar refractivity (Wildman–Crippen MR) is 73.0 cm³/mol. The number of nitrogens with one attached hydrogen (secondary N) is 1. The van der Waals surface area contributed by atoms with E-state index in [0.717, 1.165) is 5.56 Å². The standard InChI is InChI=1S/C12H16ClNO3S/c1-9(10-4-2-3-5-11(10)13)14-12(16)8-18(17)7-6-15/h2-5,9,15H,6-8H2,1H3,(H,14,16). The zero-order valence-corrected chi connectivity index (χ0v) is 11.6. The van der Waals surface area contributed by atoms with E-state index < -0.39 is 10.8 Å². The van der Waals surface area contributed by atoms with Crippen molar-refractivity contribution in [2.75, 3.05) is 18.1 Å². The highest BCUT2D eigenvalue weighted by Crippen LogP contribution is 2.21. The third-order valence-corrected chi connectivity index (χ3v) is 3.93. The molecule has 1 rings (SSSR count). The van der Waals surface area contributed by atoms with E-state index in [4.69, 9.17) is 16.7 Å². The van der Waals surface area contributed by atoms with Gasteiger partial charge in [0.1, 0.15) is 5.75 Å². The van der Waals surface area contributed by atoms with E-state index in [1.165, 1.54) is 0 Å². The van der Waals surface area contributed by atoms with Crippen LogP contribution in [0.2, 0.25) is 5.02 Å². The van der Waals surface area contributed by atoms with Crippen LogP contribution in [0.15, 0.2) is 24.3 Å². The van der Waals surface area contributed by atoms with Gasteiger partial charge < -0.3 is 10.4 Å². The molecule has 2 N–H and O–H groups in total. The summed E-state index contributed by atoms with van der Waals surface area (Å²) in [5.74, 6) is -0.294. The van der Waals surface area contributed by atoms with E-state index in [1.807, 2.05) is 25.1 Å². The van der Waals surface area contributed by atoms with E-state index in [-0.39, 0.29) is 30.1 Å². The third-order valence-electron chi connectivity index (χ3n) is 2.36. The second-order valence-corrected chi connectivity index (χ2v) is 5.81. The molecule has 0 aliphatic carbocycles. The van der Waals surface area contributed by atoms with E-state index in [9.17, 15) is 9.00 Å². The fourth-order valence-electron chi connectivity index (χ4n) is 1.51. The smallest absolute Gasteiger partial charge is 0.233 e. The first-order valence-corrected chi connectivity index (χ1v) is 7.40. The lowest BCUT2D eigenvalue weighted by Gasteiger charge is -2.15. The number of aliphatic hydroxyl groups excluding tert-OH is 1. The highest BCUT2D eigenvalue weighted by molar-refractivity contribution is 7.85. The first-order valence-electron chi connectivity index (χ1n) is 5.54. The van der Waals surface area contributed by atoms with Gasteiger partial charge in [0.25, 0.3) is 0 Å². The summed E-state index contributed by atoms with van der Waals surface area (Å²) < 4.78 is 11.3. The number of carbonyl (C=O) groups is 1. The molecule has 0 bridgehead atoms. The minimum atomic E-state index is -1.32. The fraction of sp³-hybridized carbons (Fsp3) is 0.417. The molecule has 1 aromatic rings. The number of aliphatic hydroxyl groups is 1. The summed E-state index contributed by atoms with van der Waals surface area (Å²) in [6, 6.07) is 7.00. The molecule has 100 valence electrons. The van der Waals surface area contributed by atoms with Crippen LogP contribution >= 0.6 is 11.6 Å². The van der Waals surface area contributed by atoms with E-state index in [1.54, 1.807) is 6.07 Å². The normalized spacial score (nSPS) is 13.9. The first-order chi connectivity index (χ1) is 8.54. The molecule has 0 aromatic heterocycles. The van der Waals surface area contributed by atoms with E-state index >= 15 is 0 Å². The number of hydrogen-bond acceptors (Lipinski definition) is 3. The monoisotopic (exact) mass is 289 g/mol. The molecule has 6 heteroatoms. The Morgan fingerprint density at radius 3 is 2.78 bits per heavy atom. The molecule has 18 heavy (non-hydrogen) atoms. The van der Waals surface area contributed by atoms with E-state index in [2.05, 4.69) is 5.32 Å². The van der Waals surface area contributed by atoms with Gasteiger partial charge in [-0.3, -0.25) is 9.00 Å². The van der Waals surface area contributed by atoms with Crippen molar-refractivity contribution < 1.29 is 14.1 Å².